The van der Waals surface area contributed by atoms with E-state index in [1.807, 2.05) is 48.5 Å². The molecule has 0 spiro atoms. The summed E-state index contributed by atoms with van der Waals surface area (Å²) in [6, 6.07) is 42.6. The van der Waals surface area contributed by atoms with Gasteiger partial charge in [-0.1, -0.05) is 151 Å². The van der Waals surface area contributed by atoms with Crippen molar-refractivity contribution < 1.29 is 28.0 Å². The number of fused-ring (bicyclic) bond motifs is 9. The largest absolute Gasteiger partial charge is 0.541 e. The highest BCUT2D eigenvalue weighted by molar-refractivity contribution is 14.1. The molecule has 0 aromatic heterocycles. The highest BCUT2D eigenvalue weighted by Crippen LogP contribution is 2.50. The van der Waals surface area contributed by atoms with E-state index in [2.05, 4.69) is 155 Å². The van der Waals surface area contributed by atoms with Crippen molar-refractivity contribution in [3.8, 4) is 33.8 Å². The standard InChI is InChI=1S/C26H37IO2Si2.C14H7IO2.C14H8O2/c1-25(2,3)30(7,8)28-23-21-14-12-11-13-19(21)20-16-15-18(27)17-22(20)24(23)29-31(9,10)26(4,5)6;15-8-5-6-10-9-3-1-2-4-11(9)13(16)14(17)12(10)7-8;15-13-11-7-3-1-5-9(11)10-6-2-4-8-12(10)14(13)16/h11-17H,1-10H3;1-7H;1-8H. The predicted octanol–water partition coefficient (Wildman–Crippen LogP) is 15.4. The Bertz CT molecular complexity index is 2970. The highest BCUT2D eigenvalue weighted by atomic mass is 127. The van der Waals surface area contributed by atoms with E-state index in [0.29, 0.717) is 22.3 Å². The Hall–Kier alpha value is -4.77. The molecule has 0 atom stereocenters. The maximum atomic E-state index is 12.0. The number of Topliss-reactive ketones (excluding diaryl/α,β-unsaturated/α-hetero) is 4. The van der Waals surface area contributed by atoms with Crippen LogP contribution in [0.3, 0.4) is 0 Å². The molecule has 6 nitrogen and oxygen atoms in total. The van der Waals surface area contributed by atoms with Crippen LogP contribution in [0.15, 0.2) is 133 Å². The minimum Gasteiger partial charge on any atom is -0.541 e. The third-order valence-corrected chi connectivity index (χ3v) is 23.0. The first kappa shape index (κ1) is 47.2. The van der Waals surface area contributed by atoms with E-state index in [1.54, 1.807) is 42.5 Å². The number of hydrogen-bond acceptors (Lipinski definition) is 6. The van der Waals surface area contributed by atoms with Crippen LogP contribution >= 0.6 is 45.2 Å². The number of benzene rings is 7. The summed E-state index contributed by atoms with van der Waals surface area (Å²) >= 11 is 4.54. The molecule has 326 valence electrons. The molecular weight excluding hydrogens is 1050 g/mol. The first-order valence-electron chi connectivity index (χ1n) is 21.3. The van der Waals surface area contributed by atoms with Crippen molar-refractivity contribution in [1.29, 1.82) is 0 Å². The maximum Gasteiger partial charge on any atom is 0.250 e. The Morgan fingerprint density at radius 3 is 1.11 bits per heavy atom. The minimum atomic E-state index is -2.09. The van der Waals surface area contributed by atoms with Crippen molar-refractivity contribution in [2.75, 3.05) is 0 Å². The normalized spacial score (nSPS) is 13.4. The smallest absolute Gasteiger partial charge is 0.250 e. The van der Waals surface area contributed by atoms with Crippen molar-refractivity contribution in [2.24, 2.45) is 0 Å². The van der Waals surface area contributed by atoms with Gasteiger partial charge in [0.15, 0.2) is 11.5 Å². The van der Waals surface area contributed by atoms with Crippen LogP contribution in [0, 0.1) is 7.14 Å². The fourth-order valence-electron chi connectivity index (χ4n) is 7.30. The fraction of sp³-hybridized carbons (Fsp3) is 0.222. The number of hydrogen-bond donors (Lipinski definition) is 0. The van der Waals surface area contributed by atoms with Gasteiger partial charge in [0.2, 0.25) is 23.1 Å². The molecule has 0 N–H and O–H groups in total. The minimum absolute atomic E-state index is 0.0984. The van der Waals surface area contributed by atoms with E-state index >= 15 is 0 Å². The molecule has 9 rings (SSSR count). The Balaban J connectivity index is 0.000000156. The average Bonchev–Trinajstić information content (AvgIpc) is 3.25. The van der Waals surface area contributed by atoms with Crippen LogP contribution in [0.2, 0.25) is 36.3 Å². The maximum absolute atomic E-state index is 12.0. The van der Waals surface area contributed by atoms with Crippen LogP contribution in [-0.2, 0) is 0 Å². The van der Waals surface area contributed by atoms with Crippen LogP contribution < -0.4 is 8.85 Å². The molecule has 7 aromatic rings. The van der Waals surface area contributed by atoms with Crippen molar-refractivity contribution in [3.05, 3.63) is 163 Å². The van der Waals surface area contributed by atoms with Gasteiger partial charge in [-0.3, -0.25) is 19.2 Å². The zero-order chi connectivity index (χ0) is 46.5. The van der Waals surface area contributed by atoms with Gasteiger partial charge in [0, 0.05) is 40.2 Å². The molecule has 0 aliphatic heterocycles. The van der Waals surface area contributed by atoms with Crippen molar-refractivity contribution in [2.45, 2.75) is 77.8 Å². The predicted molar refractivity (Wildman–Crippen MR) is 284 cm³/mol. The molecular formula is C54H52I2O6Si2. The van der Waals surface area contributed by atoms with Gasteiger partial charge in [-0.15, -0.1) is 0 Å². The van der Waals surface area contributed by atoms with E-state index < -0.39 is 39.8 Å². The van der Waals surface area contributed by atoms with E-state index in [1.165, 1.54) is 14.3 Å². The van der Waals surface area contributed by atoms with Crippen LogP contribution in [0.25, 0.3) is 43.8 Å². The van der Waals surface area contributed by atoms with Crippen LogP contribution in [0.5, 0.6) is 11.5 Å². The summed E-state index contributed by atoms with van der Waals surface area (Å²) in [6.45, 7) is 23.0. The van der Waals surface area contributed by atoms with Gasteiger partial charge in [0.25, 0.3) is 16.6 Å². The molecule has 0 radical (unpaired) electrons. The third-order valence-electron chi connectivity index (χ3n) is 13.0. The lowest BCUT2D eigenvalue weighted by Gasteiger charge is -2.40. The number of halogens is 2. The van der Waals surface area contributed by atoms with Gasteiger partial charge in [0.05, 0.1) is 0 Å². The molecule has 2 aliphatic rings. The Kier molecular flexibility index (Phi) is 13.2. The van der Waals surface area contributed by atoms with Gasteiger partial charge in [-0.25, -0.2) is 0 Å². The highest BCUT2D eigenvalue weighted by Gasteiger charge is 2.43. The Morgan fingerprint density at radius 1 is 0.359 bits per heavy atom. The first-order chi connectivity index (χ1) is 30.0. The average molecular weight is 1110 g/mol. The molecule has 2 aliphatic carbocycles. The molecule has 0 fully saturated rings. The van der Waals surface area contributed by atoms with Crippen LogP contribution in [-0.4, -0.2) is 39.8 Å². The first-order valence-corrected chi connectivity index (χ1v) is 29.3. The zero-order valence-corrected chi connectivity index (χ0v) is 44.2. The van der Waals surface area contributed by atoms with Crippen LogP contribution in [0.4, 0.5) is 0 Å². The molecule has 0 unspecified atom stereocenters. The summed E-state index contributed by atoms with van der Waals surface area (Å²) in [5.41, 5.74) is 5.43. The van der Waals surface area contributed by atoms with Gasteiger partial charge < -0.3 is 8.85 Å². The van der Waals surface area contributed by atoms with Gasteiger partial charge >= 0.3 is 0 Å². The molecule has 0 saturated heterocycles. The number of carbonyl (C=O) groups excluding carboxylic acids is 4. The second-order valence-corrected chi connectivity index (χ2v) is 31.2. The molecule has 0 bridgehead atoms. The second-order valence-electron chi connectivity index (χ2n) is 19.3. The topological polar surface area (TPSA) is 86.7 Å². The lowest BCUT2D eigenvalue weighted by atomic mass is 9.84. The van der Waals surface area contributed by atoms with E-state index in [4.69, 9.17) is 8.85 Å². The van der Waals surface area contributed by atoms with Crippen molar-refractivity contribution in [1.82, 2.24) is 0 Å². The molecule has 7 aromatic carbocycles. The van der Waals surface area contributed by atoms with Gasteiger partial charge in [-0.2, -0.15) is 0 Å². The molecule has 0 amide bonds. The Labute approximate surface area is 405 Å². The van der Waals surface area contributed by atoms with Crippen LogP contribution in [0.1, 0.15) is 83.0 Å². The fourth-order valence-corrected chi connectivity index (χ4v) is 10.3. The van der Waals surface area contributed by atoms with Gasteiger partial charge in [-0.05, 0) is 139 Å². The summed E-state index contributed by atoms with van der Waals surface area (Å²) < 4.78 is 16.3. The quantitative estimate of drug-likeness (QED) is 0.0755. The number of rotatable bonds is 4. The molecule has 10 heteroatoms. The van der Waals surface area contributed by atoms with Gasteiger partial charge in [0.1, 0.15) is 0 Å². The summed E-state index contributed by atoms with van der Waals surface area (Å²) in [6.07, 6.45) is 0. The summed E-state index contributed by atoms with van der Waals surface area (Å²) in [5, 5.41) is 4.96. The molecule has 0 saturated carbocycles. The summed E-state index contributed by atoms with van der Waals surface area (Å²) in [7, 11) is -4.17. The number of ketones is 4. The van der Waals surface area contributed by atoms with E-state index in [9.17, 15) is 19.2 Å². The van der Waals surface area contributed by atoms with E-state index in [-0.39, 0.29) is 10.1 Å². The molecule has 0 heterocycles. The lowest BCUT2D eigenvalue weighted by Crippen LogP contribution is -2.45. The SMILES string of the molecule is CC(C)(C)[Si](C)(C)Oc1c(O[Si](C)(C)C(C)(C)C)c2cc(I)ccc2c2ccccc12.O=C1C(=O)c2cc(I)ccc2-c2ccccc21.O=C1C(=O)c2ccccc2-c2ccccc21. The summed E-state index contributed by atoms with van der Waals surface area (Å²) in [5.74, 6) is 0.237. The summed E-state index contributed by atoms with van der Waals surface area (Å²) in [4.78, 5) is 47.6. The third kappa shape index (κ3) is 9.07. The monoisotopic (exact) mass is 1110 g/mol. The zero-order valence-electron chi connectivity index (χ0n) is 37.9. The van der Waals surface area contributed by atoms with Crippen molar-refractivity contribution >= 4 is 106 Å². The van der Waals surface area contributed by atoms with E-state index in [0.717, 1.165) is 48.1 Å². The Morgan fingerprint density at radius 2 is 0.672 bits per heavy atom. The number of carbonyl (C=O) groups is 4. The lowest BCUT2D eigenvalue weighted by molar-refractivity contribution is 0.0815. The molecule has 64 heavy (non-hydrogen) atoms. The van der Waals surface area contributed by atoms with Crippen molar-refractivity contribution in [3.63, 3.8) is 0 Å². The second kappa shape index (κ2) is 17.9.